The molecule has 2 aromatic carbocycles. The lowest BCUT2D eigenvalue weighted by atomic mass is 10.1. The topological polar surface area (TPSA) is 103 Å². The molecular weight excluding hydrogens is 416 g/mol. The van der Waals surface area contributed by atoms with E-state index in [-0.39, 0.29) is 16.1 Å². The van der Waals surface area contributed by atoms with Crippen molar-refractivity contribution in [2.45, 2.75) is 11.8 Å². The Balaban J connectivity index is 1.71. The quantitative estimate of drug-likeness (QED) is 0.629. The molecule has 162 valence electrons. The molecule has 0 aliphatic carbocycles. The van der Waals surface area contributed by atoms with E-state index in [1.165, 1.54) is 12.1 Å². The predicted molar refractivity (Wildman–Crippen MR) is 120 cm³/mol. The Labute approximate surface area is 181 Å². The first-order valence-electron chi connectivity index (χ1n) is 9.94. The molecule has 3 aromatic rings. The highest BCUT2D eigenvalue weighted by Crippen LogP contribution is 2.28. The van der Waals surface area contributed by atoms with Crippen molar-refractivity contribution >= 4 is 38.4 Å². The molecule has 1 saturated heterocycles. The number of carbonyl (C=O) groups is 1. The standard InChI is InChI=1S/C22H24N4O4S/c1-15-4-3-5-17(12-15)31(29,30)24-16-6-7-20-18(13-16)19(22(27)28)14-21(23-20)26-10-8-25(2)9-11-26/h3-7,12-14,24H,8-11H2,1-2H3,(H,27,28). The molecule has 1 aliphatic heterocycles. The number of carboxylic acids is 1. The van der Waals surface area contributed by atoms with E-state index in [4.69, 9.17) is 0 Å². The molecule has 1 fully saturated rings. The zero-order chi connectivity index (χ0) is 22.2. The van der Waals surface area contributed by atoms with Gasteiger partial charge in [-0.3, -0.25) is 4.72 Å². The van der Waals surface area contributed by atoms with Gasteiger partial charge in [-0.05, 0) is 55.9 Å². The third-order valence-electron chi connectivity index (χ3n) is 5.40. The number of rotatable bonds is 5. The second-order valence-corrected chi connectivity index (χ2v) is 9.46. The van der Waals surface area contributed by atoms with Crippen LogP contribution in [0.15, 0.2) is 53.4 Å². The van der Waals surface area contributed by atoms with Crippen LogP contribution in [-0.2, 0) is 10.0 Å². The molecule has 2 heterocycles. The summed E-state index contributed by atoms with van der Waals surface area (Å²) in [6, 6.07) is 12.9. The second kappa shape index (κ2) is 8.16. The zero-order valence-electron chi connectivity index (χ0n) is 17.4. The molecule has 4 rings (SSSR count). The fraction of sp³-hybridized carbons (Fsp3) is 0.273. The molecule has 9 heteroatoms. The van der Waals surface area contributed by atoms with Crippen LogP contribution >= 0.6 is 0 Å². The average Bonchev–Trinajstić information content (AvgIpc) is 2.73. The van der Waals surface area contributed by atoms with E-state index in [1.807, 2.05) is 20.0 Å². The summed E-state index contributed by atoms with van der Waals surface area (Å²) in [4.78, 5) is 21.0. The van der Waals surface area contributed by atoms with Crippen molar-refractivity contribution in [2.75, 3.05) is 42.8 Å². The number of aryl methyl sites for hydroxylation is 1. The van der Waals surface area contributed by atoms with Crippen LogP contribution < -0.4 is 9.62 Å². The minimum absolute atomic E-state index is 0.0931. The third-order valence-corrected chi connectivity index (χ3v) is 6.78. The summed E-state index contributed by atoms with van der Waals surface area (Å²) >= 11 is 0. The van der Waals surface area contributed by atoms with Crippen LogP contribution in [0.1, 0.15) is 15.9 Å². The van der Waals surface area contributed by atoms with E-state index >= 15 is 0 Å². The van der Waals surface area contributed by atoms with Crippen molar-refractivity contribution < 1.29 is 18.3 Å². The van der Waals surface area contributed by atoms with E-state index in [0.717, 1.165) is 31.7 Å². The molecule has 0 amide bonds. The number of aromatic carboxylic acids is 1. The summed E-state index contributed by atoms with van der Waals surface area (Å²) in [5.74, 6) is -0.465. The van der Waals surface area contributed by atoms with E-state index in [0.29, 0.717) is 16.7 Å². The first kappa shape index (κ1) is 21.1. The number of fused-ring (bicyclic) bond motifs is 1. The van der Waals surface area contributed by atoms with E-state index in [9.17, 15) is 18.3 Å². The van der Waals surface area contributed by atoms with Crippen LogP contribution in [-0.4, -0.2) is 62.6 Å². The molecule has 0 spiro atoms. The zero-order valence-corrected chi connectivity index (χ0v) is 18.2. The SMILES string of the molecule is Cc1cccc(S(=O)(=O)Nc2ccc3nc(N4CCN(C)CC4)cc(C(=O)O)c3c2)c1. The molecule has 1 aliphatic rings. The van der Waals surface area contributed by atoms with Crippen LogP contribution in [0.3, 0.4) is 0 Å². The van der Waals surface area contributed by atoms with Crippen molar-refractivity contribution in [1.29, 1.82) is 0 Å². The second-order valence-electron chi connectivity index (χ2n) is 7.78. The van der Waals surface area contributed by atoms with Crippen molar-refractivity contribution in [3.05, 3.63) is 59.7 Å². The van der Waals surface area contributed by atoms with Gasteiger partial charge in [0.25, 0.3) is 10.0 Å². The number of hydrogen-bond acceptors (Lipinski definition) is 6. The Kier molecular flexibility index (Phi) is 5.55. The highest BCUT2D eigenvalue weighted by atomic mass is 32.2. The number of sulfonamides is 1. The monoisotopic (exact) mass is 440 g/mol. The average molecular weight is 441 g/mol. The van der Waals surface area contributed by atoms with Gasteiger partial charge in [-0.25, -0.2) is 18.2 Å². The van der Waals surface area contributed by atoms with Gasteiger partial charge in [0.2, 0.25) is 0 Å². The summed E-state index contributed by atoms with van der Waals surface area (Å²) < 4.78 is 28.0. The van der Waals surface area contributed by atoms with Crippen LogP contribution in [0, 0.1) is 6.92 Å². The van der Waals surface area contributed by atoms with E-state index < -0.39 is 16.0 Å². The van der Waals surface area contributed by atoms with Crippen LogP contribution in [0.2, 0.25) is 0 Å². The van der Waals surface area contributed by atoms with Gasteiger partial charge in [-0.2, -0.15) is 0 Å². The minimum atomic E-state index is -3.80. The van der Waals surface area contributed by atoms with Gasteiger partial charge in [0.1, 0.15) is 5.82 Å². The number of nitrogens with zero attached hydrogens (tertiary/aromatic N) is 3. The maximum absolute atomic E-state index is 12.7. The number of aromatic nitrogens is 1. The van der Waals surface area contributed by atoms with Gasteiger partial charge in [-0.1, -0.05) is 12.1 Å². The van der Waals surface area contributed by atoms with Crippen LogP contribution in [0.25, 0.3) is 10.9 Å². The Bertz CT molecular complexity index is 1250. The van der Waals surface area contributed by atoms with Crippen molar-refractivity contribution in [3.63, 3.8) is 0 Å². The first-order valence-corrected chi connectivity index (χ1v) is 11.4. The summed E-state index contributed by atoms with van der Waals surface area (Å²) in [5, 5.41) is 10.2. The lowest BCUT2D eigenvalue weighted by Gasteiger charge is -2.33. The van der Waals surface area contributed by atoms with E-state index in [1.54, 1.807) is 30.3 Å². The Morgan fingerprint density at radius 2 is 1.81 bits per heavy atom. The normalized spacial score (nSPS) is 15.2. The summed E-state index contributed by atoms with van der Waals surface area (Å²) in [6.07, 6.45) is 0. The number of piperazine rings is 1. The Morgan fingerprint density at radius 1 is 1.06 bits per heavy atom. The van der Waals surface area contributed by atoms with Gasteiger partial charge < -0.3 is 14.9 Å². The molecule has 2 N–H and O–H groups in total. The predicted octanol–water partition coefficient (Wildman–Crippen LogP) is 2.79. The number of anilines is 2. The molecule has 8 nitrogen and oxygen atoms in total. The molecule has 0 atom stereocenters. The summed E-state index contributed by atoms with van der Waals surface area (Å²) in [6.45, 7) is 5.10. The van der Waals surface area contributed by atoms with Gasteiger partial charge in [0.05, 0.1) is 16.0 Å². The van der Waals surface area contributed by atoms with Crippen molar-refractivity contribution in [3.8, 4) is 0 Å². The lowest BCUT2D eigenvalue weighted by Crippen LogP contribution is -2.44. The lowest BCUT2D eigenvalue weighted by molar-refractivity contribution is 0.0699. The Hall–Kier alpha value is -3.17. The largest absolute Gasteiger partial charge is 0.478 e. The first-order chi connectivity index (χ1) is 14.7. The molecule has 0 saturated carbocycles. The number of benzene rings is 2. The van der Waals surface area contributed by atoms with Crippen LogP contribution in [0.4, 0.5) is 11.5 Å². The number of nitrogens with one attached hydrogen (secondary N) is 1. The highest BCUT2D eigenvalue weighted by molar-refractivity contribution is 7.92. The van der Waals surface area contributed by atoms with Crippen LogP contribution in [0.5, 0.6) is 0 Å². The maximum Gasteiger partial charge on any atom is 0.336 e. The molecule has 0 radical (unpaired) electrons. The molecule has 0 unspecified atom stereocenters. The molecule has 31 heavy (non-hydrogen) atoms. The highest BCUT2D eigenvalue weighted by Gasteiger charge is 2.20. The minimum Gasteiger partial charge on any atom is -0.478 e. The molecular formula is C22H24N4O4S. The fourth-order valence-electron chi connectivity index (χ4n) is 3.65. The Morgan fingerprint density at radius 3 is 2.48 bits per heavy atom. The number of likely N-dealkylation sites (N-methyl/N-ethyl adjacent to an activating group) is 1. The number of hydrogen-bond donors (Lipinski definition) is 2. The summed E-state index contributed by atoms with van der Waals surface area (Å²) in [5.41, 5.74) is 1.71. The third kappa shape index (κ3) is 4.47. The fourth-order valence-corrected chi connectivity index (χ4v) is 4.80. The van der Waals surface area contributed by atoms with Crippen molar-refractivity contribution in [2.24, 2.45) is 0 Å². The number of carboxylic acid groups (broad SMARTS) is 1. The molecule has 1 aromatic heterocycles. The van der Waals surface area contributed by atoms with Gasteiger partial charge in [-0.15, -0.1) is 0 Å². The van der Waals surface area contributed by atoms with Gasteiger partial charge >= 0.3 is 5.97 Å². The maximum atomic E-state index is 12.7. The van der Waals surface area contributed by atoms with E-state index in [2.05, 4.69) is 19.5 Å². The van der Waals surface area contributed by atoms with Gasteiger partial charge in [0, 0.05) is 37.3 Å². The van der Waals surface area contributed by atoms with Crippen molar-refractivity contribution in [1.82, 2.24) is 9.88 Å². The smallest absolute Gasteiger partial charge is 0.336 e. The van der Waals surface area contributed by atoms with Gasteiger partial charge in [0.15, 0.2) is 0 Å². The number of pyridine rings is 1. The molecule has 0 bridgehead atoms. The summed E-state index contributed by atoms with van der Waals surface area (Å²) in [7, 11) is -1.75.